The van der Waals surface area contributed by atoms with Gasteiger partial charge in [-0.05, 0) is 17.7 Å². The average Bonchev–Trinajstić information content (AvgIpc) is 3.17. The number of aromatic carboxylic acids is 1. The molecular weight excluding hydrogens is 441 g/mol. The van der Waals surface area contributed by atoms with Crippen LogP contribution in [0.15, 0.2) is 48.7 Å². The van der Waals surface area contributed by atoms with E-state index < -0.39 is 11.8 Å². The van der Waals surface area contributed by atoms with Crippen LogP contribution in [0.5, 0.6) is 17.2 Å². The lowest BCUT2D eigenvalue weighted by atomic mass is 10.2. The Morgan fingerprint density at radius 1 is 1.12 bits per heavy atom. The molecule has 4 aromatic rings. The maximum absolute atomic E-state index is 14.9. The van der Waals surface area contributed by atoms with Crippen LogP contribution in [-0.4, -0.2) is 40.1 Å². The first kappa shape index (κ1) is 21.4. The molecule has 0 atom stereocenters. The molecule has 0 amide bonds. The highest BCUT2D eigenvalue weighted by Crippen LogP contribution is 2.34. The standard InChI is InChI=1S/C22H17ClFN3O5/c1-30-13-5-3-12(4-6-13)11-32-18-9-19(31-2)17(7-15(18)24)27-16-8-20(23)25-10-14(16)21(26-27)22(28)29/h3-10H,11H2,1-2H3,(H,28,29). The molecule has 0 aliphatic carbocycles. The minimum absolute atomic E-state index is 0.0314. The molecule has 164 valence electrons. The molecular formula is C22H17ClFN3O5. The van der Waals surface area contributed by atoms with E-state index in [4.69, 9.17) is 25.8 Å². The van der Waals surface area contributed by atoms with Crippen LogP contribution in [0.25, 0.3) is 16.6 Å². The largest absolute Gasteiger partial charge is 0.497 e. The summed E-state index contributed by atoms with van der Waals surface area (Å²) in [6.45, 7) is 0.124. The maximum atomic E-state index is 14.9. The predicted octanol–water partition coefficient (Wildman–Crippen LogP) is 4.51. The molecule has 32 heavy (non-hydrogen) atoms. The molecule has 0 aliphatic heterocycles. The Kier molecular flexibility index (Phi) is 5.83. The lowest BCUT2D eigenvalue weighted by molar-refractivity contribution is 0.0692. The molecule has 0 radical (unpaired) electrons. The van der Waals surface area contributed by atoms with E-state index in [0.717, 1.165) is 11.6 Å². The van der Waals surface area contributed by atoms with E-state index in [1.807, 2.05) is 12.1 Å². The third-order valence-electron chi connectivity index (χ3n) is 4.75. The molecule has 8 nitrogen and oxygen atoms in total. The van der Waals surface area contributed by atoms with Crippen molar-refractivity contribution in [1.29, 1.82) is 0 Å². The summed E-state index contributed by atoms with van der Waals surface area (Å²) < 4.78 is 32.3. The van der Waals surface area contributed by atoms with Crippen molar-refractivity contribution in [2.75, 3.05) is 14.2 Å². The van der Waals surface area contributed by atoms with Crippen LogP contribution in [0.4, 0.5) is 4.39 Å². The molecule has 0 saturated carbocycles. The van der Waals surface area contributed by atoms with Gasteiger partial charge >= 0.3 is 5.97 Å². The molecule has 1 N–H and O–H groups in total. The number of fused-ring (bicyclic) bond motifs is 1. The number of carboxylic acids is 1. The fourth-order valence-electron chi connectivity index (χ4n) is 3.17. The van der Waals surface area contributed by atoms with E-state index in [9.17, 15) is 14.3 Å². The number of ether oxygens (including phenoxy) is 3. The zero-order chi connectivity index (χ0) is 22.8. The van der Waals surface area contributed by atoms with Crippen LogP contribution in [0.1, 0.15) is 16.1 Å². The molecule has 0 bridgehead atoms. The van der Waals surface area contributed by atoms with Crippen LogP contribution in [0.3, 0.4) is 0 Å². The van der Waals surface area contributed by atoms with Crippen LogP contribution in [0.2, 0.25) is 5.15 Å². The van der Waals surface area contributed by atoms with E-state index in [2.05, 4.69) is 10.1 Å². The summed E-state index contributed by atoms with van der Waals surface area (Å²) in [7, 11) is 2.98. The Balaban J connectivity index is 1.72. The number of aromatic nitrogens is 3. The van der Waals surface area contributed by atoms with E-state index in [1.165, 1.54) is 30.1 Å². The van der Waals surface area contributed by atoms with E-state index in [1.54, 1.807) is 19.2 Å². The number of carboxylic acid groups (broad SMARTS) is 1. The zero-order valence-electron chi connectivity index (χ0n) is 17.0. The molecule has 10 heteroatoms. The number of hydrogen-bond donors (Lipinski definition) is 1. The van der Waals surface area contributed by atoms with Gasteiger partial charge < -0.3 is 19.3 Å². The summed E-state index contributed by atoms with van der Waals surface area (Å²) in [4.78, 5) is 15.5. The molecule has 0 unspecified atom stereocenters. The van der Waals surface area contributed by atoms with Crippen molar-refractivity contribution in [2.24, 2.45) is 0 Å². The number of rotatable bonds is 7. The SMILES string of the molecule is COc1ccc(COc2cc(OC)c(-n3nc(C(=O)O)c4cnc(Cl)cc43)cc2F)cc1. The normalized spacial score (nSPS) is 10.9. The van der Waals surface area contributed by atoms with Crippen molar-refractivity contribution in [3.05, 3.63) is 70.9 Å². The van der Waals surface area contributed by atoms with Gasteiger partial charge in [-0.25, -0.2) is 18.9 Å². The molecule has 2 heterocycles. The first-order valence-electron chi connectivity index (χ1n) is 9.32. The first-order chi connectivity index (χ1) is 15.4. The number of halogens is 2. The number of carbonyl (C=O) groups is 1. The molecule has 0 aliphatic rings. The van der Waals surface area contributed by atoms with Crippen molar-refractivity contribution in [3.63, 3.8) is 0 Å². The zero-order valence-corrected chi connectivity index (χ0v) is 17.8. The predicted molar refractivity (Wildman–Crippen MR) is 115 cm³/mol. The molecule has 2 aromatic carbocycles. The van der Waals surface area contributed by atoms with Gasteiger partial charge in [0.15, 0.2) is 17.3 Å². The highest BCUT2D eigenvalue weighted by atomic mass is 35.5. The van der Waals surface area contributed by atoms with Gasteiger partial charge in [0, 0.05) is 24.4 Å². The van der Waals surface area contributed by atoms with Crippen LogP contribution in [0, 0.1) is 5.82 Å². The topological polar surface area (TPSA) is 95.7 Å². The Labute approximate surface area is 186 Å². The second-order valence-corrected chi connectivity index (χ2v) is 7.07. The fraction of sp³-hybridized carbons (Fsp3) is 0.136. The van der Waals surface area contributed by atoms with Gasteiger partial charge in [0.05, 0.1) is 25.1 Å². The molecule has 0 fully saturated rings. The van der Waals surface area contributed by atoms with Crippen molar-refractivity contribution >= 4 is 28.5 Å². The van der Waals surface area contributed by atoms with Gasteiger partial charge in [-0.15, -0.1) is 0 Å². The van der Waals surface area contributed by atoms with E-state index in [0.29, 0.717) is 11.3 Å². The summed E-state index contributed by atoms with van der Waals surface area (Å²) >= 11 is 5.98. The van der Waals surface area contributed by atoms with Gasteiger partial charge in [0.25, 0.3) is 0 Å². The Bertz CT molecular complexity index is 1310. The molecule has 0 spiro atoms. The summed E-state index contributed by atoms with van der Waals surface area (Å²) in [6.07, 6.45) is 1.31. The van der Waals surface area contributed by atoms with Crippen molar-refractivity contribution in [1.82, 2.24) is 14.8 Å². The minimum Gasteiger partial charge on any atom is -0.497 e. The van der Waals surface area contributed by atoms with Gasteiger partial charge in [-0.1, -0.05) is 23.7 Å². The van der Waals surface area contributed by atoms with Gasteiger partial charge in [0.2, 0.25) is 0 Å². The van der Waals surface area contributed by atoms with Gasteiger partial charge in [-0.3, -0.25) is 0 Å². The fourth-order valence-corrected chi connectivity index (χ4v) is 3.33. The quantitative estimate of drug-likeness (QED) is 0.408. The monoisotopic (exact) mass is 457 g/mol. The van der Waals surface area contributed by atoms with Crippen molar-refractivity contribution in [2.45, 2.75) is 6.61 Å². The first-order valence-corrected chi connectivity index (χ1v) is 9.70. The Morgan fingerprint density at radius 3 is 2.53 bits per heavy atom. The number of pyridine rings is 1. The van der Waals surface area contributed by atoms with Crippen molar-refractivity contribution < 1.29 is 28.5 Å². The highest BCUT2D eigenvalue weighted by molar-refractivity contribution is 6.30. The Morgan fingerprint density at radius 2 is 1.88 bits per heavy atom. The maximum Gasteiger partial charge on any atom is 0.357 e. The lowest BCUT2D eigenvalue weighted by Crippen LogP contribution is -2.05. The number of nitrogens with zero attached hydrogens (tertiary/aromatic N) is 3. The van der Waals surface area contributed by atoms with Crippen LogP contribution >= 0.6 is 11.6 Å². The second kappa shape index (κ2) is 8.72. The number of methoxy groups -OCH3 is 2. The van der Waals surface area contributed by atoms with Crippen LogP contribution in [-0.2, 0) is 6.61 Å². The third kappa shape index (κ3) is 4.02. The number of benzene rings is 2. The Hall–Kier alpha value is -3.85. The van der Waals surface area contributed by atoms with Gasteiger partial charge in [0.1, 0.15) is 28.9 Å². The summed E-state index contributed by atoms with van der Waals surface area (Å²) in [6, 6.07) is 11.2. The lowest BCUT2D eigenvalue weighted by Gasteiger charge is -2.14. The van der Waals surface area contributed by atoms with Crippen LogP contribution < -0.4 is 14.2 Å². The summed E-state index contributed by atoms with van der Waals surface area (Å²) in [5, 5.41) is 14.0. The molecule has 2 aromatic heterocycles. The molecule has 4 rings (SSSR count). The summed E-state index contributed by atoms with van der Waals surface area (Å²) in [5.74, 6) is -1.03. The number of hydrogen-bond acceptors (Lipinski definition) is 6. The van der Waals surface area contributed by atoms with E-state index in [-0.39, 0.29) is 40.0 Å². The van der Waals surface area contributed by atoms with Crippen molar-refractivity contribution in [3.8, 4) is 22.9 Å². The highest BCUT2D eigenvalue weighted by Gasteiger charge is 2.22. The summed E-state index contributed by atoms with van der Waals surface area (Å²) in [5.41, 5.74) is 1.10. The van der Waals surface area contributed by atoms with E-state index >= 15 is 0 Å². The second-order valence-electron chi connectivity index (χ2n) is 6.68. The smallest absolute Gasteiger partial charge is 0.357 e. The third-order valence-corrected chi connectivity index (χ3v) is 4.96. The minimum atomic E-state index is -1.25. The average molecular weight is 458 g/mol. The molecule has 0 saturated heterocycles. The van der Waals surface area contributed by atoms with Gasteiger partial charge in [-0.2, -0.15) is 5.10 Å².